The van der Waals surface area contributed by atoms with Crippen LogP contribution >= 0.6 is 0 Å². The molecular formula is C20H25N3O2. The molecule has 2 bridgehead atoms. The van der Waals surface area contributed by atoms with E-state index in [1.165, 1.54) is 12.8 Å². The van der Waals surface area contributed by atoms with Crippen LogP contribution in [-0.4, -0.2) is 33.4 Å². The number of aromatic nitrogens is 2. The van der Waals surface area contributed by atoms with Gasteiger partial charge >= 0.3 is 5.69 Å². The average molecular weight is 339 g/mol. The average Bonchev–Trinajstić information content (AvgIpc) is 3.34. The first-order valence-corrected chi connectivity index (χ1v) is 9.65. The fraction of sp³-hybridized carbons (Fsp3) is 0.600. The first kappa shape index (κ1) is 15.2. The lowest BCUT2D eigenvalue weighted by molar-refractivity contribution is -0.143. The van der Waals surface area contributed by atoms with Crippen molar-refractivity contribution in [1.82, 2.24) is 14.5 Å². The molecule has 132 valence electrons. The van der Waals surface area contributed by atoms with Crippen molar-refractivity contribution in [2.45, 2.75) is 51.0 Å². The second kappa shape index (κ2) is 5.48. The summed E-state index contributed by atoms with van der Waals surface area (Å²) in [5, 5.41) is 0. The Morgan fingerprint density at radius 3 is 2.48 bits per heavy atom. The highest BCUT2D eigenvalue weighted by molar-refractivity contribution is 5.83. The Hall–Kier alpha value is -2.04. The molecule has 1 amide bonds. The molecule has 2 aliphatic carbocycles. The third-order valence-electron chi connectivity index (χ3n) is 6.94. The van der Waals surface area contributed by atoms with Crippen molar-refractivity contribution in [3.8, 4) is 0 Å². The third-order valence-corrected chi connectivity index (χ3v) is 6.94. The van der Waals surface area contributed by atoms with Gasteiger partial charge in [-0.3, -0.25) is 9.36 Å². The van der Waals surface area contributed by atoms with Crippen LogP contribution in [0.3, 0.4) is 0 Å². The lowest BCUT2D eigenvalue weighted by Gasteiger charge is -2.38. The minimum absolute atomic E-state index is 0.0287. The van der Waals surface area contributed by atoms with Gasteiger partial charge in [-0.2, -0.15) is 0 Å². The van der Waals surface area contributed by atoms with E-state index >= 15 is 0 Å². The number of hydrogen-bond donors (Lipinski definition) is 1. The van der Waals surface area contributed by atoms with Crippen LogP contribution in [0.5, 0.6) is 0 Å². The summed E-state index contributed by atoms with van der Waals surface area (Å²) in [6.07, 6.45) is 7.53. The van der Waals surface area contributed by atoms with Crippen molar-refractivity contribution in [2.75, 3.05) is 13.1 Å². The molecule has 1 N–H and O–H groups in total. The maximum Gasteiger partial charge on any atom is 0.326 e. The number of nitrogens with one attached hydrogen (secondary N) is 1. The van der Waals surface area contributed by atoms with Gasteiger partial charge in [0.2, 0.25) is 5.91 Å². The van der Waals surface area contributed by atoms with E-state index in [0.29, 0.717) is 5.91 Å². The second-order valence-corrected chi connectivity index (χ2v) is 8.27. The number of H-pyrrole nitrogens is 1. The largest absolute Gasteiger partial charge is 0.342 e. The number of aromatic amines is 1. The zero-order valence-electron chi connectivity index (χ0n) is 14.5. The zero-order valence-corrected chi connectivity index (χ0v) is 14.5. The SMILES string of the molecule is O=C(N1CCC(n2c(=O)[nH]c3ccccc32)CC1)C12CCC(CC1)C2. The lowest BCUT2D eigenvalue weighted by atomic mass is 9.82. The number of imidazole rings is 1. The number of likely N-dealkylation sites (tertiary alicyclic amines) is 1. The zero-order chi connectivity index (χ0) is 17.0. The van der Waals surface area contributed by atoms with E-state index in [4.69, 9.17) is 0 Å². The highest BCUT2D eigenvalue weighted by Gasteiger charge is 2.51. The van der Waals surface area contributed by atoms with Gasteiger partial charge in [-0.15, -0.1) is 0 Å². The summed E-state index contributed by atoms with van der Waals surface area (Å²) in [6, 6.07) is 8.05. The molecule has 2 saturated carbocycles. The molecule has 0 unspecified atom stereocenters. The fourth-order valence-corrected chi connectivity index (χ4v) is 5.59. The van der Waals surface area contributed by atoms with Gasteiger partial charge in [0, 0.05) is 24.5 Å². The molecule has 5 nitrogen and oxygen atoms in total. The molecule has 0 spiro atoms. The second-order valence-electron chi connectivity index (χ2n) is 8.27. The van der Waals surface area contributed by atoms with Crippen LogP contribution in [0.15, 0.2) is 29.1 Å². The van der Waals surface area contributed by atoms with E-state index in [-0.39, 0.29) is 17.1 Å². The van der Waals surface area contributed by atoms with E-state index in [1.54, 1.807) is 0 Å². The Labute approximate surface area is 147 Å². The maximum absolute atomic E-state index is 13.1. The summed E-state index contributed by atoms with van der Waals surface area (Å²) >= 11 is 0. The molecule has 2 aromatic rings. The van der Waals surface area contributed by atoms with Crippen molar-refractivity contribution < 1.29 is 4.79 Å². The first-order valence-electron chi connectivity index (χ1n) is 9.65. The highest BCUT2D eigenvalue weighted by atomic mass is 16.2. The number of carbonyl (C=O) groups is 1. The molecule has 1 aromatic carbocycles. The Morgan fingerprint density at radius 1 is 1.08 bits per heavy atom. The van der Waals surface area contributed by atoms with Gasteiger partial charge in [-0.1, -0.05) is 12.1 Å². The van der Waals surface area contributed by atoms with E-state index < -0.39 is 0 Å². The topological polar surface area (TPSA) is 58.1 Å². The summed E-state index contributed by atoms with van der Waals surface area (Å²) in [4.78, 5) is 30.5. The molecule has 1 aromatic heterocycles. The highest BCUT2D eigenvalue weighted by Crippen LogP contribution is 2.55. The molecule has 2 heterocycles. The van der Waals surface area contributed by atoms with E-state index in [1.807, 2.05) is 28.8 Å². The van der Waals surface area contributed by atoms with Crippen LogP contribution in [0.1, 0.15) is 51.0 Å². The third kappa shape index (κ3) is 2.28. The van der Waals surface area contributed by atoms with E-state index in [9.17, 15) is 9.59 Å². The number of fused-ring (bicyclic) bond motifs is 3. The van der Waals surface area contributed by atoms with Crippen LogP contribution in [-0.2, 0) is 4.79 Å². The Kier molecular flexibility index (Phi) is 3.34. The molecule has 1 aliphatic heterocycles. The number of para-hydroxylation sites is 2. The molecule has 0 radical (unpaired) electrons. The van der Waals surface area contributed by atoms with Crippen LogP contribution in [0.2, 0.25) is 0 Å². The van der Waals surface area contributed by atoms with Crippen molar-refractivity contribution in [2.24, 2.45) is 11.3 Å². The van der Waals surface area contributed by atoms with Gasteiger partial charge in [0.05, 0.1) is 11.0 Å². The molecule has 5 rings (SSSR count). The molecule has 3 fully saturated rings. The number of nitrogens with zero attached hydrogens (tertiary/aromatic N) is 2. The Balaban J connectivity index is 1.34. The number of piperidine rings is 1. The number of rotatable bonds is 2. The number of benzene rings is 1. The van der Waals surface area contributed by atoms with Crippen LogP contribution in [0.25, 0.3) is 11.0 Å². The summed E-state index contributed by atoms with van der Waals surface area (Å²) in [7, 11) is 0. The van der Waals surface area contributed by atoms with Gasteiger partial charge < -0.3 is 9.88 Å². The lowest BCUT2D eigenvalue weighted by Crippen LogP contribution is -2.46. The minimum Gasteiger partial charge on any atom is -0.342 e. The van der Waals surface area contributed by atoms with Crippen LogP contribution in [0, 0.1) is 11.3 Å². The monoisotopic (exact) mass is 339 g/mol. The molecule has 25 heavy (non-hydrogen) atoms. The van der Waals surface area contributed by atoms with Gasteiger partial charge in [-0.05, 0) is 63.0 Å². The minimum atomic E-state index is -0.0326. The Bertz CT molecular complexity index is 864. The van der Waals surface area contributed by atoms with E-state index in [2.05, 4.69) is 9.88 Å². The summed E-state index contributed by atoms with van der Waals surface area (Å²) < 4.78 is 1.90. The van der Waals surface area contributed by atoms with Crippen LogP contribution in [0.4, 0.5) is 0 Å². The van der Waals surface area contributed by atoms with Gasteiger partial charge in [0.1, 0.15) is 0 Å². The predicted molar refractivity (Wildman–Crippen MR) is 96.4 cm³/mol. The van der Waals surface area contributed by atoms with Gasteiger partial charge in [-0.25, -0.2) is 4.79 Å². The van der Waals surface area contributed by atoms with Crippen molar-refractivity contribution >= 4 is 16.9 Å². The van der Waals surface area contributed by atoms with Crippen molar-refractivity contribution in [3.63, 3.8) is 0 Å². The van der Waals surface area contributed by atoms with Crippen molar-refractivity contribution in [3.05, 3.63) is 34.7 Å². The summed E-state index contributed by atoms with van der Waals surface area (Å²) in [5.41, 5.74) is 1.81. The summed E-state index contributed by atoms with van der Waals surface area (Å²) in [5.74, 6) is 1.20. The fourth-order valence-electron chi connectivity index (χ4n) is 5.59. The van der Waals surface area contributed by atoms with E-state index in [0.717, 1.165) is 62.1 Å². The standard InChI is InChI=1S/C20H25N3O2/c24-18(20-9-5-14(13-20)6-10-20)22-11-7-15(8-12-22)23-17-4-2-1-3-16(17)21-19(23)25/h1-4,14-15H,5-13H2,(H,21,25). The summed E-state index contributed by atoms with van der Waals surface area (Å²) in [6.45, 7) is 1.56. The van der Waals surface area contributed by atoms with Gasteiger partial charge in [0.15, 0.2) is 0 Å². The quantitative estimate of drug-likeness (QED) is 0.914. The molecule has 0 atom stereocenters. The molecule has 5 heteroatoms. The number of hydrogen-bond acceptors (Lipinski definition) is 2. The molecule has 3 aliphatic rings. The maximum atomic E-state index is 13.1. The van der Waals surface area contributed by atoms with Crippen LogP contribution < -0.4 is 5.69 Å². The Morgan fingerprint density at radius 2 is 1.80 bits per heavy atom. The van der Waals surface area contributed by atoms with Crippen molar-refractivity contribution in [1.29, 1.82) is 0 Å². The number of amides is 1. The van der Waals surface area contributed by atoms with Gasteiger partial charge in [0.25, 0.3) is 0 Å². The predicted octanol–water partition coefficient (Wildman–Crippen LogP) is 3.07. The molecule has 1 saturated heterocycles. The first-order chi connectivity index (χ1) is 12.2. The number of carbonyl (C=O) groups excluding carboxylic acids is 1. The molecular weight excluding hydrogens is 314 g/mol. The normalized spacial score (nSPS) is 29.6. The smallest absolute Gasteiger partial charge is 0.326 e.